The van der Waals surface area contributed by atoms with Gasteiger partial charge >= 0.3 is 0 Å². The molecule has 1 aliphatic rings. The second-order valence-corrected chi connectivity index (χ2v) is 7.26. The summed E-state index contributed by atoms with van der Waals surface area (Å²) in [6, 6.07) is 4.15. The number of hydrogen-bond acceptors (Lipinski definition) is 3. The minimum Gasteiger partial charge on any atom is -0.394 e. The molecule has 1 aromatic heterocycles. The fourth-order valence-corrected chi connectivity index (χ4v) is 3.08. The molecule has 1 aliphatic carbocycles. The van der Waals surface area contributed by atoms with Gasteiger partial charge in [0.1, 0.15) is 0 Å². The lowest BCUT2D eigenvalue weighted by molar-refractivity contribution is 0.0320. The van der Waals surface area contributed by atoms with Crippen LogP contribution in [0.4, 0.5) is 0 Å². The molecule has 0 aliphatic heterocycles. The van der Waals surface area contributed by atoms with Crippen molar-refractivity contribution in [1.29, 1.82) is 0 Å². The van der Waals surface area contributed by atoms with Crippen molar-refractivity contribution in [3.8, 4) is 11.8 Å². The van der Waals surface area contributed by atoms with Crippen molar-refractivity contribution in [3.05, 3.63) is 23.5 Å². The summed E-state index contributed by atoms with van der Waals surface area (Å²) in [5, 5.41) is 9.24. The van der Waals surface area contributed by atoms with E-state index < -0.39 is 5.54 Å². The summed E-state index contributed by atoms with van der Waals surface area (Å²) in [5.41, 5.74) is 7.69. The molecule has 4 nitrogen and oxygen atoms in total. The van der Waals surface area contributed by atoms with E-state index in [0.717, 1.165) is 31.6 Å². The molecule has 1 aromatic rings. The van der Waals surface area contributed by atoms with Crippen LogP contribution in [0.25, 0.3) is 0 Å². The SMILES string of the molecule is Cn1c(C#CCCOC2CCCCC2)ccc1CC[C@@](C)(N)CO. The predicted octanol–water partition coefficient (Wildman–Crippen LogP) is 2.76. The van der Waals surface area contributed by atoms with E-state index in [4.69, 9.17) is 10.5 Å². The standard InChI is InChI=1S/C20H32N2O2/c1-20(21,16-23)14-13-18-12-11-17(22(18)2)8-6-7-15-24-19-9-4-3-5-10-19/h11-12,19,23H,3-5,7,9-10,13-16,21H2,1-2H3/t20-/m1/s1. The zero-order chi connectivity index (χ0) is 17.4. The monoisotopic (exact) mass is 332 g/mol. The molecule has 0 spiro atoms. The normalized spacial score (nSPS) is 18.0. The van der Waals surface area contributed by atoms with Gasteiger partial charge in [-0.15, -0.1) is 0 Å². The maximum absolute atomic E-state index is 9.24. The Labute approximate surface area is 146 Å². The van der Waals surface area contributed by atoms with E-state index in [1.807, 2.05) is 14.0 Å². The van der Waals surface area contributed by atoms with Gasteiger partial charge in [0.25, 0.3) is 0 Å². The van der Waals surface area contributed by atoms with Gasteiger partial charge in [-0.3, -0.25) is 0 Å². The number of nitrogens with two attached hydrogens (primary N) is 1. The molecule has 24 heavy (non-hydrogen) atoms. The van der Waals surface area contributed by atoms with Crippen molar-refractivity contribution in [2.24, 2.45) is 12.8 Å². The average molecular weight is 332 g/mol. The van der Waals surface area contributed by atoms with E-state index in [-0.39, 0.29) is 6.61 Å². The van der Waals surface area contributed by atoms with Gasteiger partial charge in [-0.1, -0.05) is 25.2 Å². The van der Waals surface area contributed by atoms with Crippen LogP contribution in [0.1, 0.15) is 63.3 Å². The zero-order valence-electron chi connectivity index (χ0n) is 15.2. The Morgan fingerprint density at radius 2 is 2.08 bits per heavy atom. The molecule has 1 saturated carbocycles. The maximum Gasteiger partial charge on any atom is 0.0919 e. The Hall–Kier alpha value is -1.28. The first-order chi connectivity index (χ1) is 11.5. The van der Waals surface area contributed by atoms with Crippen LogP contribution >= 0.6 is 0 Å². The minimum atomic E-state index is -0.521. The number of aliphatic hydroxyl groups is 1. The Kier molecular flexibility index (Phi) is 7.36. The quantitative estimate of drug-likeness (QED) is 0.596. The summed E-state index contributed by atoms with van der Waals surface area (Å²) in [5.74, 6) is 6.45. The Balaban J connectivity index is 1.77. The lowest BCUT2D eigenvalue weighted by Gasteiger charge is -2.21. The van der Waals surface area contributed by atoms with Gasteiger partial charge in [0.2, 0.25) is 0 Å². The fourth-order valence-electron chi connectivity index (χ4n) is 3.08. The van der Waals surface area contributed by atoms with Crippen molar-refractivity contribution in [1.82, 2.24) is 4.57 Å². The van der Waals surface area contributed by atoms with Crippen LogP contribution in [0.2, 0.25) is 0 Å². The van der Waals surface area contributed by atoms with E-state index in [1.54, 1.807) is 0 Å². The Morgan fingerprint density at radius 1 is 1.33 bits per heavy atom. The molecule has 3 N–H and O–H groups in total. The van der Waals surface area contributed by atoms with E-state index >= 15 is 0 Å². The van der Waals surface area contributed by atoms with Gasteiger partial charge in [0.15, 0.2) is 0 Å². The maximum atomic E-state index is 9.24. The van der Waals surface area contributed by atoms with Crippen molar-refractivity contribution in [2.45, 2.75) is 69.9 Å². The van der Waals surface area contributed by atoms with Crippen LogP contribution in [0, 0.1) is 11.8 Å². The van der Waals surface area contributed by atoms with Crippen LogP contribution in [-0.4, -0.2) is 34.5 Å². The van der Waals surface area contributed by atoms with Gasteiger partial charge in [0, 0.05) is 24.7 Å². The average Bonchev–Trinajstić information content (AvgIpc) is 2.94. The molecule has 4 heteroatoms. The minimum absolute atomic E-state index is 0.00504. The summed E-state index contributed by atoms with van der Waals surface area (Å²) in [7, 11) is 2.03. The lowest BCUT2D eigenvalue weighted by Crippen LogP contribution is -2.40. The van der Waals surface area contributed by atoms with Crippen LogP contribution in [0.15, 0.2) is 12.1 Å². The lowest BCUT2D eigenvalue weighted by atomic mass is 9.97. The van der Waals surface area contributed by atoms with E-state index in [1.165, 1.54) is 37.8 Å². The molecule has 0 saturated heterocycles. The van der Waals surface area contributed by atoms with Crippen molar-refractivity contribution < 1.29 is 9.84 Å². The summed E-state index contributed by atoms with van der Waals surface area (Å²) in [6.45, 7) is 2.62. The van der Waals surface area contributed by atoms with Crippen molar-refractivity contribution in [2.75, 3.05) is 13.2 Å². The van der Waals surface area contributed by atoms with E-state index in [9.17, 15) is 5.11 Å². The first-order valence-corrected chi connectivity index (χ1v) is 9.17. The second-order valence-electron chi connectivity index (χ2n) is 7.26. The van der Waals surface area contributed by atoms with Crippen LogP contribution in [0.5, 0.6) is 0 Å². The van der Waals surface area contributed by atoms with Gasteiger partial charge in [-0.25, -0.2) is 0 Å². The number of ether oxygens (including phenoxy) is 1. The first kappa shape index (κ1) is 19.1. The molecular weight excluding hydrogens is 300 g/mol. The molecule has 0 bridgehead atoms. The number of aryl methyl sites for hydroxylation is 1. The van der Waals surface area contributed by atoms with E-state index in [2.05, 4.69) is 28.5 Å². The van der Waals surface area contributed by atoms with Crippen LogP contribution < -0.4 is 5.73 Å². The van der Waals surface area contributed by atoms with Crippen LogP contribution in [0.3, 0.4) is 0 Å². The largest absolute Gasteiger partial charge is 0.394 e. The summed E-state index contributed by atoms with van der Waals surface area (Å²) >= 11 is 0. The highest BCUT2D eigenvalue weighted by Crippen LogP contribution is 2.20. The van der Waals surface area contributed by atoms with Crippen LogP contribution in [-0.2, 0) is 18.2 Å². The topological polar surface area (TPSA) is 60.4 Å². The predicted molar refractivity (Wildman–Crippen MR) is 97.7 cm³/mol. The molecule has 1 fully saturated rings. The molecule has 0 aromatic carbocycles. The smallest absolute Gasteiger partial charge is 0.0919 e. The molecule has 2 rings (SSSR count). The highest BCUT2D eigenvalue weighted by Gasteiger charge is 2.17. The van der Waals surface area contributed by atoms with E-state index in [0.29, 0.717) is 6.10 Å². The van der Waals surface area contributed by atoms with Gasteiger partial charge in [-0.2, -0.15) is 0 Å². The molecule has 0 unspecified atom stereocenters. The zero-order valence-corrected chi connectivity index (χ0v) is 15.2. The highest BCUT2D eigenvalue weighted by atomic mass is 16.5. The van der Waals surface area contributed by atoms with Gasteiger partial charge in [-0.05, 0) is 50.7 Å². The first-order valence-electron chi connectivity index (χ1n) is 9.17. The van der Waals surface area contributed by atoms with Crippen molar-refractivity contribution in [3.63, 3.8) is 0 Å². The number of aromatic nitrogens is 1. The number of aliphatic hydroxyl groups excluding tert-OH is 1. The second kappa shape index (κ2) is 9.27. The molecule has 0 radical (unpaired) electrons. The summed E-state index contributed by atoms with van der Waals surface area (Å²) in [4.78, 5) is 0. The summed E-state index contributed by atoms with van der Waals surface area (Å²) in [6.07, 6.45) is 9.23. The Bertz CT molecular complexity index is 560. The van der Waals surface area contributed by atoms with Crippen molar-refractivity contribution >= 4 is 0 Å². The molecule has 1 atom stereocenters. The fraction of sp³-hybridized carbons (Fsp3) is 0.700. The molecule has 0 amide bonds. The van der Waals surface area contributed by atoms with Gasteiger partial charge in [0.05, 0.1) is 25.0 Å². The number of hydrogen-bond donors (Lipinski definition) is 2. The molecule has 1 heterocycles. The highest BCUT2D eigenvalue weighted by molar-refractivity contribution is 5.32. The summed E-state index contributed by atoms with van der Waals surface area (Å²) < 4.78 is 8.01. The third kappa shape index (κ3) is 5.98. The third-order valence-corrected chi connectivity index (χ3v) is 4.89. The number of nitrogens with zero attached hydrogens (tertiary/aromatic N) is 1. The molecule has 134 valence electrons. The third-order valence-electron chi connectivity index (χ3n) is 4.89. The van der Waals surface area contributed by atoms with Gasteiger partial charge < -0.3 is 20.1 Å². The number of rotatable bonds is 7. The molecular formula is C20H32N2O2. The Morgan fingerprint density at radius 3 is 2.79 bits per heavy atom.